The molecule has 15 heavy (non-hydrogen) atoms. The third-order valence-corrected chi connectivity index (χ3v) is 2.21. The summed E-state index contributed by atoms with van der Waals surface area (Å²) in [6.45, 7) is 3.30. The van der Waals surface area contributed by atoms with Crippen LogP contribution in [-0.2, 0) is 5.60 Å². The van der Waals surface area contributed by atoms with Gasteiger partial charge in [-0.3, -0.25) is 0 Å². The minimum absolute atomic E-state index is 0.472. The molecule has 1 aromatic heterocycles. The average molecular weight is 201 g/mol. The number of para-hydroxylation sites is 1. The van der Waals surface area contributed by atoms with Gasteiger partial charge in [0.05, 0.1) is 11.1 Å². The lowest BCUT2D eigenvalue weighted by molar-refractivity contribution is 0.0700. The molecule has 0 saturated carbocycles. The monoisotopic (exact) mass is 201 g/mol. The van der Waals surface area contributed by atoms with E-state index in [0.29, 0.717) is 16.9 Å². The quantitative estimate of drug-likeness (QED) is 0.737. The molecule has 0 spiro atoms. The number of imidazole rings is 1. The molecule has 2 aromatic rings. The second-order valence-corrected chi connectivity index (χ2v) is 3.96. The molecule has 0 saturated heterocycles. The highest BCUT2D eigenvalue weighted by Gasteiger charge is 2.21. The zero-order valence-electron chi connectivity index (χ0n) is 8.57. The molecular formula is C11H11N3O. The fraction of sp³-hybridized carbons (Fsp3) is 0.273. The van der Waals surface area contributed by atoms with Crippen molar-refractivity contribution in [1.29, 1.82) is 5.26 Å². The molecule has 0 fully saturated rings. The van der Waals surface area contributed by atoms with Crippen LogP contribution in [0, 0.1) is 11.3 Å². The van der Waals surface area contributed by atoms with Crippen molar-refractivity contribution >= 4 is 11.0 Å². The van der Waals surface area contributed by atoms with Crippen molar-refractivity contribution < 1.29 is 5.11 Å². The molecule has 76 valence electrons. The first-order valence-electron chi connectivity index (χ1n) is 4.64. The fourth-order valence-corrected chi connectivity index (χ4v) is 1.41. The first-order chi connectivity index (χ1) is 7.02. The van der Waals surface area contributed by atoms with E-state index in [2.05, 4.69) is 16.0 Å². The topological polar surface area (TPSA) is 72.7 Å². The van der Waals surface area contributed by atoms with E-state index in [1.165, 1.54) is 0 Å². The van der Waals surface area contributed by atoms with Gasteiger partial charge in [0, 0.05) is 0 Å². The van der Waals surface area contributed by atoms with Crippen molar-refractivity contribution in [2.75, 3.05) is 0 Å². The van der Waals surface area contributed by atoms with Crippen LogP contribution in [0.25, 0.3) is 11.0 Å². The van der Waals surface area contributed by atoms with E-state index in [0.717, 1.165) is 5.52 Å². The summed E-state index contributed by atoms with van der Waals surface area (Å²) in [5.41, 5.74) is 0.869. The predicted octanol–water partition coefficient (Wildman–Crippen LogP) is 1.66. The van der Waals surface area contributed by atoms with Crippen LogP contribution in [0.2, 0.25) is 0 Å². The van der Waals surface area contributed by atoms with E-state index in [-0.39, 0.29) is 0 Å². The molecule has 4 nitrogen and oxygen atoms in total. The Hall–Kier alpha value is -1.86. The number of nitriles is 1. The van der Waals surface area contributed by atoms with Crippen LogP contribution in [0.1, 0.15) is 25.2 Å². The zero-order valence-corrected chi connectivity index (χ0v) is 8.57. The molecule has 1 aromatic carbocycles. The van der Waals surface area contributed by atoms with Gasteiger partial charge in [0.15, 0.2) is 0 Å². The minimum atomic E-state index is -1.02. The number of benzene rings is 1. The summed E-state index contributed by atoms with van der Waals surface area (Å²) in [4.78, 5) is 7.22. The SMILES string of the molecule is CC(C)(O)c1nc2c(C#N)cccc2[nH]1. The lowest BCUT2D eigenvalue weighted by Gasteiger charge is -2.12. The summed E-state index contributed by atoms with van der Waals surface area (Å²) in [6.07, 6.45) is 0. The number of aromatic nitrogens is 2. The van der Waals surface area contributed by atoms with Crippen LogP contribution < -0.4 is 0 Å². The summed E-state index contributed by atoms with van der Waals surface area (Å²) in [6, 6.07) is 7.39. The van der Waals surface area contributed by atoms with Crippen molar-refractivity contribution in [2.45, 2.75) is 19.4 Å². The Kier molecular flexibility index (Phi) is 1.98. The molecule has 0 aliphatic carbocycles. The standard InChI is InChI=1S/C11H11N3O/c1-11(2,15)10-13-8-5-3-4-7(6-12)9(8)14-10/h3-5,15H,1-2H3,(H,13,14). The highest BCUT2D eigenvalue weighted by Crippen LogP contribution is 2.22. The predicted molar refractivity (Wildman–Crippen MR) is 56.1 cm³/mol. The maximum atomic E-state index is 9.78. The summed E-state index contributed by atoms with van der Waals surface area (Å²) in [5, 5.41) is 18.7. The molecule has 0 radical (unpaired) electrons. The Labute approximate surface area is 87.2 Å². The van der Waals surface area contributed by atoms with E-state index in [1.54, 1.807) is 26.0 Å². The van der Waals surface area contributed by atoms with Crippen molar-refractivity contribution in [1.82, 2.24) is 9.97 Å². The van der Waals surface area contributed by atoms with Gasteiger partial charge in [0.25, 0.3) is 0 Å². The van der Waals surface area contributed by atoms with Crippen molar-refractivity contribution in [3.63, 3.8) is 0 Å². The van der Waals surface area contributed by atoms with E-state index >= 15 is 0 Å². The van der Waals surface area contributed by atoms with E-state index in [9.17, 15) is 5.11 Å². The van der Waals surface area contributed by atoms with Crippen LogP contribution in [-0.4, -0.2) is 15.1 Å². The number of aromatic amines is 1. The third kappa shape index (κ3) is 1.58. The van der Waals surface area contributed by atoms with Gasteiger partial charge < -0.3 is 10.1 Å². The number of aliphatic hydroxyl groups is 1. The summed E-state index contributed by atoms with van der Waals surface area (Å²) in [5.74, 6) is 0.472. The van der Waals surface area contributed by atoms with E-state index in [1.807, 2.05) is 6.07 Å². The normalized spacial score (nSPS) is 11.6. The van der Waals surface area contributed by atoms with Crippen molar-refractivity contribution in [3.05, 3.63) is 29.6 Å². The number of nitrogens with zero attached hydrogens (tertiary/aromatic N) is 2. The molecule has 2 rings (SSSR count). The molecular weight excluding hydrogens is 190 g/mol. The lowest BCUT2D eigenvalue weighted by Crippen LogP contribution is -2.17. The zero-order chi connectivity index (χ0) is 11.1. The molecule has 0 aliphatic rings. The fourth-order valence-electron chi connectivity index (χ4n) is 1.41. The van der Waals surface area contributed by atoms with Crippen LogP contribution in [0.3, 0.4) is 0 Å². The first-order valence-corrected chi connectivity index (χ1v) is 4.64. The Morgan fingerprint density at radius 1 is 1.47 bits per heavy atom. The Balaban J connectivity index is 2.72. The highest BCUT2D eigenvalue weighted by molar-refractivity contribution is 5.81. The van der Waals surface area contributed by atoms with Crippen molar-refractivity contribution in [2.24, 2.45) is 0 Å². The number of hydrogen-bond acceptors (Lipinski definition) is 3. The van der Waals surface area contributed by atoms with Gasteiger partial charge in [-0.2, -0.15) is 5.26 Å². The summed E-state index contributed by atoms with van der Waals surface area (Å²) >= 11 is 0. The van der Waals surface area contributed by atoms with Gasteiger partial charge in [-0.1, -0.05) is 6.07 Å². The van der Waals surface area contributed by atoms with Gasteiger partial charge in [-0.15, -0.1) is 0 Å². The van der Waals surface area contributed by atoms with Gasteiger partial charge in [0.2, 0.25) is 0 Å². The molecule has 0 bridgehead atoms. The first kappa shape index (κ1) is 9.69. The van der Waals surface area contributed by atoms with Gasteiger partial charge in [0.1, 0.15) is 23.0 Å². The molecule has 1 heterocycles. The Bertz CT molecular complexity index is 543. The van der Waals surface area contributed by atoms with Crippen LogP contribution in [0.5, 0.6) is 0 Å². The molecule has 4 heteroatoms. The number of hydrogen-bond donors (Lipinski definition) is 2. The minimum Gasteiger partial charge on any atom is -0.383 e. The maximum Gasteiger partial charge on any atom is 0.138 e. The number of H-pyrrole nitrogens is 1. The summed E-state index contributed by atoms with van der Waals surface area (Å²) in [7, 11) is 0. The van der Waals surface area contributed by atoms with Gasteiger partial charge >= 0.3 is 0 Å². The van der Waals surface area contributed by atoms with Gasteiger partial charge in [-0.05, 0) is 26.0 Å². The second kappa shape index (κ2) is 3.07. The van der Waals surface area contributed by atoms with Crippen molar-refractivity contribution in [3.8, 4) is 6.07 Å². The van der Waals surface area contributed by atoms with E-state index < -0.39 is 5.60 Å². The number of rotatable bonds is 1. The Morgan fingerprint density at radius 2 is 2.20 bits per heavy atom. The lowest BCUT2D eigenvalue weighted by atomic mass is 10.1. The molecule has 0 amide bonds. The highest BCUT2D eigenvalue weighted by atomic mass is 16.3. The maximum absolute atomic E-state index is 9.78. The Morgan fingerprint density at radius 3 is 2.80 bits per heavy atom. The molecule has 2 N–H and O–H groups in total. The third-order valence-electron chi connectivity index (χ3n) is 2.21. The smallest absolute Gasteiger partial charge is 0.138 e. The van der Waals surface area contributed by atoms with Gasteiger partial charge in [-0.25, -0.2) is 4.98 Å². The average Bonchev–Trinajstić information content (AvgIpc) is 2.59. The molecule has 0 atom stereocenters. The molecule has 0 aliphatic heterocycles. The summed E-state index contributed by atoms with van der Waals surface area (Å²) < 4.78 is 0. The molecule has 0 unspecified atom stereocenters. The van der Waals surface area contributed by atoms with Crippen LogP contribution >= 0.6 is 0 Å². The number of nitrogens with one attached hydrogen (secondary N) is 1. The largest absolute Gasteiger partial charge is 0.383 e. The number of fused-ring (bicyclic) bond motifs is 1. The van der Waals surface area contributed by atoms with E-state index in [4.69, 9.17) is 5.26 Å². The van der Waals surface area contributed by atoms with Crippen LogP contribution in [0.4, 0.5) is 0 Å². The van der Waals surface area contributed by atoms with Crippen LogP contribution in [0.15, 0.2) is 18.2 Å². The second-order valence-electron chi connectivity index (χ2n) is 3.96.